The van der Waals surface area contributed by atoms with E-state index in [0.29, 0.717) is 16.9 Å². The van der Waals surface area contributed by atoms with Crippen LogP contribution in [0.5, 0.6) is 0 Å². The Balaban J connectivity index is 1.82. The SMILES string of the molecule is CC(=O)Nc1cccc(NC(=O)C2CC(=O)c3cccc(C)c32)c1. The van der Waals surface area contributed by atoms with Crippen LogP contribution in [0.3, 0.4) is 0 Å². The molecule has 1 aliphatic rings. The molecule has 0 aliphatic heterocycles. The molecule has 1 aliphatic carbocycles. The Labute approximate surface area is 140 Å². The molecule has 3 rings (SSSR count). The van der Waals surface area contributed by atoms with Gasteiger partial charge in [-0.05, 0) is 36.2 Å². The summed E-state index contributed by atoms with van der Waals surface area (Å²) in [5.74, 6) is -0.861. The van der Waals surface area contributed by atoms with E-state index in [4.69, 9.17) is 0 Å². The van der Waals surface area contributed by atoms with Crippen LogP contribution in [0, 0.1) is 6.92 Å². The van der Waals surface area contributed by atoms with Crippen molar-refractivity contribution in [1.82, 2.24) is 0 Å². The predicted molar refractivity (Wildman–Crippen MR) is 92.2 cm³/mol. The van der Waals surface area contributed by atoms with E-state index in [1.54, 1.807) is 30.3 Å². The normalized spacial score (nSPS) is 15.8. The number of anilines is 2. The molecule has 2 aromatic rings. The summed E-state index contributed by atoms with van der Waals surface area (Å²) < 4.78 is 0. The summed E-state index contributed by atoms with van der Waals surface area (Å²) in [4.78, 5) is 35.9. The van der Waals surface area contributed by atoms with Crippen LogP contribution < -0.4 is 10.6 Å². The minimum absolute atomic E-state index is 0.000784. The Bertz CT molecular complexity index is 842. The maximum atomic E-state index is 12.7. The molecule has 5 heteroatoms. The third kappa shape index (κ3) is 3.06. The van der Waals surface area contributed by atoms with Crippen molar-refractivity contribution in [3.8, 4) is 0 Å². The summed E-state index contributed by atoms with van der Waals surface area (Å²) in [6.45, 7) is 3.34. The van der Waals surface area contributed by atoms with Crippen molar-refractivity contribution in [2.75, 3.05) is 10.6 Å². The third-order valence-corrected chi connectivity index (χ3v) is 4.13. The van der Waals surface area contributed by atoms with Gasteiger partial charge >= 0.3 is 0 Å². The molecular weight excluding hydrogens is 304 g/mol. The van der Waals surface area contributed by atoms with Gasteiger partial charge in [0.2, 0.25) is 11.8 Å². The molecule has 1 atom stereocenters. The summed E-state index contributed by atoms with van der Waals surface area (Å²) in [5, 5.41) is 5.52. The van der Waals surface area contributed by atoms with Gasteiger partial charge in [0, 0.05) is 30.3 Å². The first-order valence-electron chi connectivity index (χ1n) is 7.77. The Morgan fingerprint density at radius 2 is 1.71 bits per heavy atom. The second-order valence-corrected chi connectivity index (χ2v) is 5.97. The van der Waals surface area contributed by atoms with Crippen LogP contribution in [0.1, 0.15) is 40.7 Å². The molecule has 2 N–H and O–H groups in total. The van der Waals surface area contributed by atoms with Gasteiger partial charge in [0.25, 0.3) is 0 Å². The number of ketones is 1. The Kier molecular flexibility index (Phi) is 4.16. The lowest BCUT2D eigenvalue weighted by Gasteiger charge is -2.14. The van der Waals surface area contributed by atoms with E-state index in [-0.39, 0.29) is 24.0 Å². The molecule has 0 fully saturated rings. The molecule has 5 nitrogen and oxygen atoms in total. The minimum Gasteiger partial charge on any atom is -0.326 e. The van der Waals surface area contributed by atoms with Crippen LogP contribution in [0.15, 0.2) is 42.5 Å². The molecule has 0 bridgehead atoms. The maximum absolute atomic E-state index is 12.7. The van der Waals surface area contributed by atoms with E-state index >= 15 is 0 Å². The van der Waals surface area contributed by atoms with Crippen LogP contribution in [-0.2, 0) is 9.59 Å². The first-order chi connectivity index (χ1) is 11.5. The van der Waals surface area contributed by atoms with E-state index < -0.39 is 5.92 Å². The van der Waals surface area contributed by atoms with Crippen LogP contribution >= 0.6 is 0 Å². The lowest BCUT2D eigenvalue weighted by Crippen LogP contribution is -2.20. The van der Waals surface area contributed by atoms with Crippen LogP contribution in [0.25, 0.3) is 0 Å². The lowest BCUT2D eigenvalue weighted by atomic mass is 9.96. The number of amides is 2. The van der Waals surface area contributed by atoms with E-state index in [1.165, 1.54) is 6.92 Å². The zero-order valence-electron chi connectivity index (χ0n) is 13.6. The number of Topliss-reactive ketones (excluding diaryl/α,β-unsaturated/α-hetero) is 1. The van der Waals surface area contributed by atoms with Crippen molar-refractivity contribution >= 4 is 29.0 Å². The van der Waals surface area contributed by atoms with Gasteiger partial charge in [0.15, 0.2) is 5.78 Å². The van der Waals surface area contributed by atoms with Crippen molar-refractivity contribution in [1.29, 1.82) is 0 Å². The van der Waals surface area contributed by atoms with Gasteiger partial charge in [-0.1, -0.05) is 24.3 Å². The van der Waals surface area contributed by atoms with Gasteiger partial charge in [0.1, 0.15) is 0 Å². The van der Waals surface area contributed by atoms with Gasteiger partial charge in [-0.25, -0.2) is 0 Å². The number of carbonyl (C=O) groups is 3. The van der Waals surface area contributed by atoms with Crippen molar-refractivity contribution < 1.29 is 14.4 Å². The molecule has 0 saturated heterocycles. The maximum Gasteiger partial charge on any atom is 0.232 e. The quantitative estimate of drug-likeness (QED) is 0.910. The van der Waals surface area contributed by atoms with Crippen molar-refractivity contribution in [2.45, 2.75) is 26.2 Å². The molecule has 0 heterocycles. The zero-order chi connectivity index (χ0) is 17.3. The van der Waals surface area contributed by atoms with Crippen molar-refractivity contribution in [2.24, 2.45) is 0 Å². The van der Waals surface area contributed by atoms with Crippen LogP contribution in [0.4, 0.5) is 11.4 Å². The minimum atomic E-state index is -0.474. The molecule has 2 amide bonds. The molecule has 2 aromatic carbocycles. The van der Waals surface area contributed by atoms with Gasteiger partial charge < -0.3 is 10.6 Å². The smallest absolute Gasteiger partial charge is 0.232 e. The summed E-state index contributed by atoms with van der Waals surface area (Å²) in [7, 11) is 0. The predicted octanol–water partition coefficient (Wildman–Crippen LogP) is 3.26. The molecule has 0 radical (unpaired) electrons. The monoisotopic (exact) mass is 322 g/mol. The summed E-state index contributed by atoms with van der Waals surface area (Å²) in [5.41, 5.74) is 3.60. The molecular formula is C19H18N2O3. The Morgan fingerprint density at radius 3 is 2.42 bits per heavy atom. The Hall–Kier alpha value is -2.95. The first kappa shape index (κ1) is 15.9. The first-order valence-corrected chi connectivity index (χ1v) is 7.77. The number of benzene rings is 2. The topological polar surface area (TPSA) is 75.3 Å². The van der Waals surface area contributed by atoms with E-state index in [0.717, 1.165) is 11.1 Å². The molecule has 122 valence electrons. The van der Waals surface area contributed by atoms with Gasteiger partial charge in [-0.3, -0.25) is 14.4 Å². The number of hydrogen-bond donors (Lipinski definition) is 2. The van der Waals surface area contributed by atoms with Crippen LogP contribution in [-0.4, -0.2) is 17.6 Å². The van der Waals surface area contributed by atoms with E-state index in [2.05, 4.69) is 10.6 Å². The highest BCUT2D eigenvalue weighted by Gasteiger charge is 2.35. The lowest BCUT2D eigenvalue weighted by molar-refractivity contribution is -0.117. The number of fused-ring (bicyclic) bond motifs is 1. The fourth-order valence-corrected chi connectivity index (χ4v) is 3.11. The summed E-state index contributed by atoms with van der Waals surface area (Å²) in [6.07, 6.45) is 0.192. The summed E-state index contributed by atoms with van der Waals surface area (Å²) in [6, 6.07) is 12.5. The fourth-order valence-electron chi connectivity index (χ4n) is 3.11. The Morgan fingerprint density at radius 1 is 1.04 bits per heavy atom. The fraction of sp³-hybridized carbons (Fsp3) is 0.211. The zero-order valence-corrected chi connectivity index (χ0v) is 13.6. The second-order valence-electron chi connectivity index (χ2n) is 5.97. The van der Waals surface area contributed by atoms with E-state index in [9.17, 15) is 14.4 Å². The van der Waals surface area contributed by atoms with E-state index in [1.807, 2.05) is 19.1 Å². The van der Waals surface area contributed by atoms with Gasteiger partial charge in [-0.2, -0.15) is 0 Å². The number of rotatable bonds is 3. The molecule has 0 aromatic heterocycles. The summed E-state index contributed by atoms with van der Waals surface area (Å²) >= 11 is 0. The molecule has 0 spiro atoms. The highest BCUT2D eigenvalue weighted by Crippen LogP contribution is 2.36. The highest BCUT2D eigenvalue weighted by atomic mass is 16.2. The highest BCUT2D eigenvalue weighted by molar-refractivity contribution is 6.09. The average Bonchev–Trinajstić information content (AvgIpc) is 2.86. The molecule has 1 unspecified atom stereocenters. The number of nitrogens with one attached hydrogen (secondary N) is 2. The van der Waals surface area contributed by atoms with Crippen molar-refractivity contribution in [3.63, 3.8) is 0 Å². The largest absolute Gasteiger partial charge is 0.326 e. The average molecular weight is 322 g/mol. The van der Waals surface area contributed by atoms with Gasteiger partial charge in [-0.15, -0.1) is 0 Å². The number of hydrogen-bond acceptors (Lipinski definition) is 3. The van der Waals surface area contributed by atoms with Crippen LogP contribution in [0.2, 0.25) is 0 Å². The number of carbonyl (C=O) groups excluding carboxylic acids is 3. The molecule has 24 heavy (non-hydrogen) atoms. The second kappa shape index (κ2) is 6.28. The number of aryl methyl sites for hydroxylation is 1. The van der Waals surface area contributed by atoms with Crippen molar-refractivity contribution in [3.05, 3.63) is 59.2 Å². The third-order valence-electron chi connectivity index (χ3n) is 4.13. The standard InChI is InChI=1S/C19H18N2O3/c1-11-5-3-8-15-17(23)10-16(18(11)15)19(24)21-14-7-4-6-13(9-14)20-12(2)22/h3-9,16H,10H2,1-2H3,(H,20,22)(H,21,24). The molecule has 0 saturated carbocycles. The van der Waals surface area contributed by atoms with Gasteiger partial charge in [0.05, 0.1) is 5.92 Å².